The van der Waals surface area contributed by atoms with Crippen LogP contribution in [0.4, 0.5) is 0 Å². The second kappa shape index (κ2) is 9.96. The summed E-state index contributed by atoms with van der Waals surface area (Å²) < 4.78 is 0. The zero-order valence-electron chi connectivity index (χ0n) is 17.8. The number of carbonyl (C=O) groups excluding carboxylic acids is 4. The molecule has 0 saturated carbocycles. The summed E-state index contributed by atoms with van der Waals surface area (Å²) in [6.45, 7) is 5.73. The van der Waals surface area contributed by atoms with Gasteiger partial charge in [-0.2, -0.15) is 0 Å². The van der Waals surface area contributed by atoms with Gasteiger partial charge in [0.25, 0.3) is 17.7 Å². The zero-order valence-corrected chi connectivity index (χ0v) is 17.8. The quantitative estimate of drug-likeness (QED) is 0.302. The molecule has 2 aromatic carbocycles. The van der Waals surface area contributed by atoms with E-state index in [0.29, 0.717) is 11.8 Å². The largest absolute Gasteiger partial charge is 0.347 e. The van der Waals surface area contributed by atoms with Crippen LogP contribution in [0.2, 0.25) is 0 Å². The number of benzene rings is 2. The van der Waals surface area contributed by atoms with Crippen molar-refractivity contribution in [3.8, 4) is 11.1 Å². The van der Waals surface area contributed by atoms with Crippen LogP contribution in [-0.4, -0.2) is 52.7 Å². The third-order valence-electron chi connectivity index (χ3n) is 4.42. The van der Waals surface area contributed by atoms with Crippen molar-refractivity contribution in [3.05, 3.63) is 59.7 Å². The van der Waals surface area contributed by atoms with Crippen molar-refractivity contribution < 1.29 is 24.4 Å². The molecule has 0 bridgehead atoms. The Hall–Kier alpha value is -3.56. The van der Waals surface area contributed by atoms with Gasteiger partial charge < -0.3 is 15.0 Å². The van der Waals surface area contributed by atoms with Gasteiger partial charge in [0.1, 0.15) is 0 Å². The first kappa shape index (κ1) is 23.7. The zero-order chi connectivity index (χ0) is 23.2. The van der Waals surface area contributed by atoms with E-state index < -0.39 is 17.9 Å². The summed E-state index contributed by atoms with van der Waals surface area (Å²) in [6, 6.07) is 12.3. The van der Waals surface area contributed by atoms with E-state index in [4.69, 9.17) is 5.21 Å². The maximum Gasteiger partial charge on any atom is 0.266 e. The van der Waals surface area contributed by atoms with E-state index in [1.165, 1.54) is 12.6 Å². The summed E-state index contributed by atoms with van der Waals surface area (Å²) >= 11 is 0. The van der Waals surface area contributed by atoms with Crippen LogP contribution in [0.3, 0.4) is 0 Å². The predicted octanol–water partition coefficient (Wildman–Crippen LogP) is 1.53. The summed E-state index contributed by atoms with van der Waals surface area (Å²) in [5.74, 6) is -1.57. The molecule has 9 nitrogen and oxygen atoms in total. The third kappa shape index (κ3) is 6.21. The molecule has 4 N–H and O–H groups in total. The van der Waals surface area contributed by atoms with Gasteiger partial charge in [0, 0.05) is 23.7 Å². The van der Waals surface area contributed by atoms with Gasteiger partial charge in [-0.3, -0.25) is 25.0 Å². The van der Waals surface area contributed by atoms with Crippen LogP contribution in [0.1, 0.15) is 41.5 Å². The van der Waals surface area contributed by atoms with Gasteiger partial charge in [0.05, 0.1) is 0 Å². The van der Waals surface area contributed by atoms with Crippen LogP contribution < -0.4 is 16.3 Å². The van der Waals surface area contributed by atoms with Crippen molar-refractivity contribution in [1.82, 2.24) is 21.2 Å². The number of rotatable bonds is 7. The standard InChI is InChI=1S/C22H26N4O5/c1-22(2,3)23-19(28)16-9-5-14(6-10-16)15-7-11-17(12-8-15)21(30)26(4)18(13-27)20(29)24-25-31/h5-13,18,25,31H,1-4H3,(H,23,28)(H,24,29). The maximum atomic E-state index is 12.6. The first-order chi connectivity index (χ1) is 14.6. The summed E-state index contributed by atoms with van der Waals surface area (Å²) in [5.41, 5.74) is 5.48. The number of amides is 3. The fourth-order valence-electron chi connectivity index (χ4n) is 2.82. The number of hydrazine groups is 1. The van der Waals surface area contributed by atoms with Gasteiger partial charge in [-0.15, -0.1) is 5.59 Å². The molecule has 0 heterocycles. The molecular formula is C22H26N4O5. The number of nitrogens with zero attached hydrogens (tertiary/aromatic N) is 1. The Morgan fingerprint density at radius 2 is 1.42 bits per heavy atom. The van der Waals surface area contributed by atoms with Gasteiger partial charge in [-0.25, -0.2) is 0 Å². The van der Waals surface area contributed by atoms with Crippen LogP contribution in [-0.2, 0) is 9.59 Å². The Kier molecular flexibility index (Phi) is 7.62. The van der Waals surface area contributed by atoms with Crippen molar-refractivity contribution >= 4 is 24.0 Å². The molecule has 1 unspecified atom stereocenters. The monoisotopic (exact) mass is 426 g/mol. The highest BCUT2D eigenvalue weighted by Gasteiger charge is 2.27. The molecule has 2 rings (SSSR count). The van der Waals surface area contributed by atoms with Crippen molar-refractivity contribution in [2.24, 2.45) is 0 Å². The molecule has 0 radical (unpaired) electrons. The van der Waals surface area contributed by atoms with Gasteiger partial charge in [-0.05, 0) is 56.2 Å². The topological polar surface area (TPSA) is 128 Å². The molecule has 31 heavy (non-hydrogen) atoms. The fraction of sp³-hybridized carbons (Fsp3) is 0.273. The normalized spacial score (nSPS) is 11.9. The van der Waals surface area contributed by atoms with E-state index in [-0.39, 0.29) is 17.0 Å². The second-order valence-electron chi connectivity index (χ2n) is 7.96. The number of aldehydes is 1. The van der Waals surface area contributed by atoms with Crippen molar-refractivity contribution in [1.29, 1.82) is 0 Å². The van der Waals surface area contributed by atoms with Crippen LogP contribution in [0.15, 0.2) is 48.5 Å². The minimum absolute atomic E-state index is 0.159. The molecule has 0 aliphatic carbocycles. The average Bonchev–Trinajstić information content (AvgIpc) is 2.73. The number of hydrogen-bond acceptors (Lipinski definition) is 6. The Bertz CT molecular complexity index is 949. The van der Waals surface area contributed by atoms with Gasteiger partial charge in [0.15, 0.2) is 12.3 Å². The van der Waals surface area contributed by atoms with Crippen molar-refractivity contribution in [3.63, 3.8) is 0 Å². The fourth-order valence-corrected chi connectivity index (χ4v) is 2.82. The average molecular weight is 426 g/mol. The maximum absolute atomic E-state index is 12.6. The molecule has 9 heteroatoms. The summed E-state index contributed by atoms with van der Waals surface area (Å²) in [6.07, 6.45) is 0.302. The minimum Gasteiger partial charge on any atom is -0.347 e. The second-order valence-corrected chi connectivity index (χ2v) is 7.96. The molecule has 0 saturated heterocycles. The number of likely N-dealkylation sites (N-methyl/N-ethyl adjacent to an activating group) is 1. The molecule has 2 aromatic rings. The van der Waals surface area contributed by atoms with E-state index in [0.717, 1.165) is 16.0 Å². The smallest absolute Gasteiger partial charge is 0.266 e. The molecule has 0 aliphatic heterocycles. The van der Waals surface area contributed by atoms with Gasteiger partial charge in [0.2, 0.25) is 0 Å². The molecule has 0 spiro atoms. The van der Waals surface area contributed by atoms with E-state index >= 15 is 0 Å². The Labute approximate surface area is 180 Å². The highest BCUT2D eigenvalue weighted by atomic mass is 16.5. The predicted molar refractivity (Wildman–Crippen MR) is 114 cm³/mol. The molecule has 0 aliphatic rings. The van der Waals surface area contributed by atoms with E-state index in [1.807, 2.05) is 38.3 Å². The van der Waals surface area contributed by atoms with E-state index in [1.54, 1.807) is 36.4 Å². The van der Waals surface area contributed by atoms with Crippen LogP contribution in [0.5, 0.6) is 0 Å². The molecule has 1 atom stereocenters. The Morgan fingerprint density at radius 3 is 1.84 bits per heavy atom. The summed E-state index contributed by atoms with van der Waals surface area (Å²) in [4.78, 5) is 48.8. The minimum atomic E-state index is -1.40. The highest BCUT2D eigenvalue weighted by molar-refractivity contribution is 6.03. The molecular weight excluding hydrogens is 400 g/mol. The highest BCUT2D eigenvalue weighted by Crippen LogP contribution is 2.21. The SMILES string of the molecule is CN(C(=O)c1ccc(-c2ccc(C(=O)NC(C)(C)C)cc2)cc1)C(C=O)C(=O)NNO. The first-order valence-corrected chi connectivity index (χ1v) is 9.52. The lowest BCUT2D eigenvalue weighted by Gasteiger charge is -2.22. The van der Waals surface area contributed by atoms with Crippen molar-refractivity contribution in [2.45, 2.75) is 32.4 Å². The van der Waals surface area contributed by atoms with Crippen LogP contribution in [0.25, 0.3) is 11.1 Å². The molecule has 164 valence electrons. The van der Waals surface area contributed by atoms with Gasteiger partial charge in [-0.1, -0.05) is 24.3 Å². The number of carbonyl (C=O) groups is 4. The van der Waals surface area contributed by atoms with Crippen LogP contribution >= 0.6 is 0 Å². The number of hydrogen-bond donors (Lipinski definition) is 4. The lowest BCUT2D eigenvalue weighted by Crippen LogP contribution is -2.51. The third-order valence-corrected chi connectivity index (χ3v) is 4.42. The summed E-state index contributed by atoms with van der Waals surface area (Å²) in [5, 5.41) is 11.4. The first-order valence-electron chi connectivity index (χ1n) is 9.52. The molecule has 3 amide bonds. The molecule has 0 fully saturated rings. The summed E-state index contributed by atoms with van der Waals surface area (Å²) in [7, 11) is 1.31. The van der Waals surface area contributed by atoms with Crippen LogP contribution in [0, 0.1) is 0 Å². The Balaban J connectivity index is 2.14. The van der Waals surface area contributed by atoms with Gasteiger partial charge >= 0.3 is 0 Å². The number of nitrogens with one attached hydrogen (secondary N) is 3. The Morgan fingerprint density at radius 1 is 0.935 bits per heavy atom. The van der Waals surface area contributed by atoms with Crippen molar-refractivity contribution in [2.75, 3.05) is 7.05 Å². The molecule has 0 aromatic heterocycles. The lowest BCUT2D eigenvalue weighted by atomic mass is 10.0. The van der Waals surface area contributed by atoms with E-state index in [9.17, 15) is 19.2 Å². The lowest BCUT2D eigenvalue weighted by molar-refractivity contribution is -0.132. The van der Waals surface area contributed by atoms with E-state index in [2.05, 4.69) is 5.32 Å².